The molecule has 0 radical (unpaired) electrons. The molecule has 1 heterocycles. The predicted molar refractivity (Wildman–Crippen MR) is 121 cm³/mol. The monoisotopic (exact) mass is 432 g/mol. The lowest BCUT2D eigenvalue weighted by atomic mass is 9.95. The van der Waals surface area contributed by atoms with Crippen LogP contribution in [-0.2, 0) is 9.59 Å². The van der Waals surface area contributed by atoms with Crippen LogP contribution in [0.25, 0.3) is 11.6 Å². The van der Waals surface area contributed by atoms with Gasteiger partial charge in [0.05, 0.1) is 6.54 Å². The normalized spacial score (nSPS) is 13.1. The molecule has 0 atom stereocenters. The maximum Gasteiger partial charge on any atom is 0.242 e. The predicted octanol–water partition coefficient (Wildman–Crippen LogP) is 2.30. The number of benzene rings is 2. The molecule has 0 bridgehead atoms. The standard InChI is InChI=1S/C21H20N4O2.2ClH/c22-19(26)10-3-14-1-4-15(5-2-14)18(13-20(23)27)16-6-8-17(9-7-16)21-24-11-12-25-21;;/h1-10,13H,11-12H2,(H2,22,26)(H2,23,27)(H,24,25);2*1H. The zero-order valence-electron chi connectivity index (χ0n) is 15.5. The van der Waals surface area contributed by atoms with Crippen molar-refractivity contribution in [3.8, 4) is 0 Å². The number of hydrogen-bond acceptors (Lipinski definition) is 4. The first-order valence-corrected chi connectivity index (χ1v) is 8.51. The van der Waals surface area contributed by atoms with Gasteiger partial charge in [-0.05, 0) is 28.3 Å². The van der Waals surface area contributed by atoms with Crippen LogP contribution < -0.4 is 16.8 Å². The van der Waals surface area contributed by atoms with Gasteiger partial charge in [-0.2, -0.15) is 0 Å². The summed E-state index contributed by atoms with van der Waals surface area (Å²) < 4.78 is 0. The van der Waals surface area contributed by atoms with E-state index >= 15 is 0 Å². The van der Waals surface area contributed by atoms with Crippen LogP contribution in [0.1, 0.15) is 22.3 Å². The number of carbonyl (C=O) groups is 2. The number of hydrogen-bond donors (Lipinski definition) is 3. The molecule has 3 rings (SSSR count). The SMILES string of the molecule is Cl.Cl.NC(=O)C=Cc1ccc(C(=CC(N)=O)c2ccc(C3=NCCN3)cc2)cc1. The molecule has 5 N–H and O–H groups in total. The number of rotatable bonds is 6. The van der Waals surface area contributed by atoms with Crippen molar-refractivity contribution >= 4 is 54.1 Å². The molecule has 2 amide bonds. The third kappa shape index (κ3) is 6.48. The highest BCUT2D eigenvalue weighted by Gasteiger charge is 2.10. The summed E-state index contributed by atoms with van der Waals surface area (Å²) in [7, 11) is 0. The summed E-state index contributed by atoms with van der Waals surface area (Å²) >= 11 is 0. The number of amides is 2. The van der Waals surface area contributed by atoms with E-state index in [9.17, 15) is 9.59 Å². The number of amidine groups is 1. The highest BCUT2D eigenvalue weighted by molar-refractivity contribution is 6.01. The minimum Gasteiger partial charge on any atom is -0.368 e. The van der Waals surface area contributed by atoms with Crippen molar-refractivity contribution < 1.29 is 9.59 Å². The van der Waals surface area contributed by atoms with Gasteiger partial charge in [0.1, 0.15) is 5.84 Å². The lowest BCUT2D eigenvalue weighted by Crippen LogP contribution is -2.19. The Morgan fingerprint density at radius 2 is 1.48 bits per heavy atom. The van der Waals surface area contributed by atoms with E-state index in [-0.39, 0.29) is 24.8 Å². The van der Waals surface area contributed by atoms with Gasteiger partial charge in [-0.25, -0.2) is 0 Å². The van der Waals surface area contributed by atoms with Crippen molar-refractivity contribution in [3.63, 3.8) is 0 Å². The molecule has 2 aromatic rings. The van der Waals surface area contributed by atoms with Gasteiger partial charge in [0.25, 0.3) is 0 Å². The van der Waals surface area contributed by atoms with Crippen LogP contribution in [0.15, 0.2) is 65.7 Å². The molecule has 0 unspecified atom stereocenters. The van der Waals surface area contributed by atoms with Crippen molar-refractivity contribution in [1.29, 1.82) is 0 Å². The highest BCUT2D eigenvalue weighted by Crippen LogP contribution is 2.24. The van der Waals surface area contributed by atoms with E-state index in [2.05, 4.69) is 10.3 Å². The van der Waals surface area contributed by atoms with Crippen molar-refractivity contribution in [2.45, 2.75) is 0 Å². The van der Waals surface area contributed by atoms with E-state index in [0.717, 1.165) is 46.8 Å². The second-order valence-corrected chi connectivity index (χ2v) is 6.05. The van der Waals surface area contributed by atoms with Crippen LogP contribution in [0.2, 0.25) is 0 Å². The van der Waals surface area contributed by atoms with Gasteiger partial charge in [0.2, 0.25) is 11.8 Å². The van der Waals surface area contributed by atoms with E-state index < -0.39 is 11.8 Å². The van der Waals surface area contributed by atoms with E-state index in [1.54, 1.807) is 6.08 Å². The molecule has 6 nitrogen and oxygen atoms in total. The summed E-state index contributed by atoms with van der Waals surface area (Å²) in [6, 6.07) is 15.2. The van der Waals surface area contributed by atoms with Gasteiger partial charge in [0.15, 0.2) is 0 Å². The van der Waals surface area contributed by atoms with Gasteiger partial charge >= 0.3 is 0 Å². The zero-order chi connectivity index (χ0) is 19.2. The highest BCUT2D eigenvalue weighted by atomic mass is 35.5. The first-order valence-electron chi connectivity index (χ1n) is 8.51. The van der Waals surface area contributed by atoms with Crippen LogP contribution in [0.5, 0.6) is 0 Å². The van der Waals surface area contributed by atoms with Crippen molar-refractivity contribution in [2.24, 2.45) is 16.5 Å². The molecule has 0 fully saturated rings. The maximum absolute atomic E-state index is 11.5. The fourth-order valence-corrected chi connectivity index (χ4v) is 2.83. The van der Waals surface area contributed by atoms with Gasteiger partial charge in [-0.3, -0.25) is 14.6 Å². The fourth-order valence-electron chi connectivity index (χ4n) is 2.83. The van der Waals surface area contributed by atoms with E-state index in [4.69, 9.17) is 11.5 Å². The Kier molecular flexibility index (Phi) is 9.12. The van der Waals surface area contributed by atoms with Crippen molar-refractivity contribution in [1.82, 2.24) is 5.32 Å². The molecule has 0 aliphatic carbocycles. The Balaban J connectivity index is 0.00000210. The second kappa shape index (κ2) is 11.0. The smallest absolute Gasteiger partial charge is 0.242 e. The Morgan fingerprint density at radius 1 is 0.897 bits per heavy atom. The van der Waals surface area contributed by atoms with E-state index in [0.29, 0.717) is 0 Å². The fraction of sp³-hybridized carbons (Fsp3) is 0.0952. The third-order valence-corrected chi connectivity index (χ3v) is 4.09. The number of nitrogens with one attached hydrogen (secondary N) is 1. The molecule has 8 heteroatoms. The Labute approximate surface area is 181 Å². The lowest BCUT2D eigenvalue weighted by molar-refractivity contribution is -0.114. The number of nitrogens with two attached hydrogens (primary N) is 2. The first-order chi connectivity index (χ1) is 13.0. The Morgan fingerprint density at radius 3 is 1.97 bits per heavy atom. The second-order valence-electron chi connectivity index (χ2n) is 6.05. The van der Waals surface area contributed by atoms with Crippen LogP contribution in [0.4, 0.5) is 0 Å². The molecule has 0 saturated carbocycles. The molecular weight excluding hydrogens is 411 g/mol. The summed E-state index contributed by atoms with van der Waals surface area (Å²) in [4.78, 5) is 26.8. The number of nitrogens with zero attached hydrogens (tertiary/aromatic N) is 1. The minimum atomic E-state index is -0.520. The molecule has 2 aromatic carbocycles. The molecular formula is C21H22Cl2N4O2. The van der Waals surface area contributed by atoms with Gasteiger partial charge < -0.3 is 16.8 Å². The number of carbonyl (C=O) groups excluding carboxylic acids is 2. The Bertz CT molecular complexity index is 950. The summed E-state index contributed by atoms with van der Waals surface area (Å²) in [6.07, 6.45) is 4.34. The quantitative estimate of drug-likeness (QED) is 0.608. The molecule has 1 aliphatic rings. The van der Waals surface area contributed by atoms with Crippen molar-refractivity contribution in [3.05, 3.63) is 82.9 Å². The molecule has 29 heavy (non-hydrogen) atoms. The maximum atomic E-state index is 11.5. The lowest BCUT2D eigenvalue weighted by Gasteiger charge is -2.10. The molecule has 0 saturated heterocycles. The van der Waals surface area contributed by atoms with Crippen LogP contribution in [0.3, 0.4) is 0 Å². The summed E-state index contributed by atoms with van der Waals surface area (Å²) in [5.74, 6) is -0.143. The largest absolute Gasteiger partial charge is 0.368 e. The van der Waals surface area contributed by atoms with Crippen molar-refractivity contribution in [2.75, 3.05) is 13.1 Å². The third-order valence-electron chi connectivity index (χ3n) is 4.09. The summed E-state index contributed by atoms with van der Waals surface area (Å²) in [5.41, 5.74) is 14.8. The molecule has 1 aliphatic heterocycles. The first kappa shape index (κ1) is 23.9. The van der Waals surface area contributed by atoms with Gasteiger partial charge in [-0.15, -0.1) is 24.8 Å². The van der Waals surface area contributed by atoms with Gasteiger partial charge in [0, 0.05) is 24.3 Å². The Hall–Kier alpha value is -3.09. The minimum absolute atomic E-state index is 0. The number of halogens is 2. The van der Waals surface area contributed by atoms with E-state index in [1.165, 1.54) is 12.2 Å². The average Bonchev–Trinajstić information content (AvgIpc) is 3.20. The number of primary amides is 2. The summed E-state index contributed by atoms with van der Waals surface area (Å²) in [6.45, 7) is 1.63. The van der Waals surface area contributed by atoms with E-state index in [1.807, 2.05) is 48.5 Å². The number of aliphatic imine (C=N–C) groups is 1. The topological polar surface area (TPSA) is 111 Å². The average molecular weight is 433 g/mol. The molecule has 0 aromatic heterocycles. The van der Waals surface area contributed by atoms with Crippen LogP contribution >= 0.6 is 24.8 Å². The molecule has 152 valence electrons. The van der Waals surface area contributed by atoms with Gasteiger partial charge in [-0.1, -0.05) is 48.5 Å². The van der Waals surface area contributed by atoms with Crippen LogP contribution in [-0.4, -0.2) is 30.7 Å². The van der Waals surface area contributed by atoms with Crippen LogP contribution in [0, 0.1) is 0 Å². The summed E-state index contributed by atoms with van der Waals surface area (Å²) in [5, 5.41) is 3.23. The zero-order valence-corrected chi connectivity index (χ0v) is 17.1. The molecule has 0 spiro atoms.